The summed E-state index contributed by atoms with van der Waals surface area (Å²) in [5, 5.41) is 6.43. The van der Waals surface area contributed by atoms with Crippen LogP contribution in [0, 0.1) is 5.92 Å². The predicted octanol–water partition coefficient (Wildman–Crippen LogP) is 4.11. The molecule has 2 unspecified atom stereocenters. The summed E-state index contributed by atoms with van der Waals surface area (Å²) in [7, 11) is 2.18. The second-order valence-corrected chi connectivity index (χ2v) is 10.1. The molecule has 1 amide bonds. The number of carbonyl (C=O) groups is 1. The van der Waals surface area contributed by atoms with Gasteiger partial charge in [-0.2, -0.15) is 0 Å². The van der Waals surface area contributed by atoms with Crippen LogP contribution in [0.1, 0.15) is 48.4 Å². The molecule has 6 rings (SSSR count). The molecule has 4 aliphatic rings. The number of amidine groups is 1. The summed E-state index contributed by atoms with van der Waals surface area (Å²) in [5.41, 5.74) is 5.50. The lowest BCUT2D eigenvalue weighted by Gasteiger charge is -2.46. The molecule has 7 heteroatoms. The second kappa shape index (κ2) is 9.04. The normalized spacial score (nSPS) is 29.0. The number of hydrogen-bond donors (Lipinski definition) is 2. The van der Waals surface area contributed by atoms with Gasteiger partial charge in [-0.25, -0.2) is 4.99 Å². The Morgan fingerprint density at radius 3 is 2.82 bits per heavy atom. The van der Waals surface area contributed by atoms with Gasteiger partial charge in [0, 0.05) is 35.4 Å². The number of piperidine rings is 1. The van der Waals surface area contributed by atoms with Crippen molar-refractivity contribution < 1.29 is 14.3 Å². The first-order valence-corrected chi connectivity index (χ1v) is 12.4. The maximum Gasteiger partial charge on any atom is 0.290 e. The van der Waals surface area contributed by atoms with Crippen molar-refractivity contribution in [3.05, 3.63) is 59.2 Å². The van der Waals surface area contributed by atoms with Gasteiger partial charge in [0.2, 0.25) is 5.91 Å². The fourth-order valence-corrected chi connectivity index (χ4v) is 5.94. The van der Waals surface area contributed by atoms with Gasteiger partial charge in [-0.3, -0.25) is 9.69 Å². The molecule has 2 fully saturated rings. The summed E-state index contributed by atoms with van der Waals surface area (Å²) >= 11 is 0. The number of likely N-dealkylation sites (N-methyl/N-ethyl adjacent to an activating group) is 1. The average Bonchev–Trinajstić information content (AvgIpc) is 3.23. The number of ether oxygens (including phenoxy) is 2. The molecule has 2 aromatic carbocycles. The third-order valence-electron chi connectivity index (χ3n) is 7.83. The number of aliphatic imine (C=N–C) groups is 1. The quantitative estimate of drug-likeness (QED) is 0.718. The standard InChI is InChI=1S/C27H32N4O3/c1-31-21-10-17(11-22(31)16-33-15-21)12-26(32)28-20-7-9-24-19(13-20)14-34-27(29-24)30-25-8-6-18-4-2-3-5-23(18)25/h2-5,7,9,13,17,21-22,25H,6,8,10-12,14-16H2,1H3,(H,28,32)(H,29,30)/t17?,21?,22?,25-/m1/s1. The summed E-state index contributed by atoms with van der Waals surface area (Å²) in [6, 6.07) is 16.0. The van der Waals surface area contributed by atoms with Crippen LogP contribution in [0.5, 0.6) is 0 Å². The Morgan fingerprint density at radius 2 is 1.97 bits per heavy atom. The monoisotopic (exact) mass is 460 g/mol. The molecule has 1 aliphatic carbocycles. The molecule has 2 N–H and O–H groups in total. The molecule has 7 nitrogen and oxygen atoms in total. The van der Waals surface area contributed by atoms with Gasteiger partial charge in [0.15, 0.2) is 0 Å². The third kappa shape index (κ3) is 4.30. The van der Waals surface area contributed by atoms with Crippen molar-refractivity contribution in [1.29, 1.82) is 0 Å². The van der Waals surface area contributed by atoms with E-state index in [2.05, 4.69) is 46.8 Å². The highest BCUT2D eigenvalue weighted by molar-refractivity contribution is 5.94. The van der Waals surface area contributed by atoms with Crippen LogP contribution in [-0.2, 0) is 27.3 Å². The van der Waals surface area contributed by atoms with E-state index in [1.165, 1.54) is 11.1 Å². The van der Waals surface area contributed by atoms with Crippen LogP contribution in [0.15, 0.2) is 47.5 Å². The van der Waals surface area contributed by atoms with E-state index in [4.69, 9.17) is 14.5 Å². The lowest BCUT2D eigenvalue weighted by atomic mass is 9.83. The van der Waals surface area contributed by atoms with Crippen molar-refractivity contribution in [2.75, 3.05) is 30.9 Å². The topological polar surface area (TPSA) is 75.2 Å². The Kier molecular flexibility index (Phi) is 5.75. The highest BCUT2D eigenvalue weighted by Gasteiger charge is 2.37. The van der Waals surface area contributed by atoms with E-state index in [1.807, 2.05) is 18.2 Å². The van der Waals surface area contributed by atoms with Crippen LogP contribution in [0.2, 0.25) is 0 Å². The van der Waals surface area contributed by atoms with E-state index < -0.39 is 0 Å². The fraction of sp³-hybridized carbons (Fsp3) is 0.481. The van der Waals surface area contributed by atoms with Gasteiger partial charge in [0.1, 0.15) is 6.61 Å². The minimum atomic E-state index is 0.0836. The molecule has 0 aromatic heterocycles. The second-order valence-electron chi connectivity index (χ2n) is 10.1. The first-order chi connectivity index (χ1) is 16.6. The van der Waals surface area contributed by atoms with Crippen LogP contribution >= 0.6 is 0 Å². The minimum Gasteiger partial charge on any atom is -0.460 e. The van der Waals surface area contributed by atoms with E-state index in [0.717, 1.165) is 55.8 Å². The van der Waals surface area contributed by atoms with E-state index in [-0.39, 0.29) is 11.9 Å². The molecule has 0 saturated carbocycles. The summed E-state index contributed by atoms with van der Waals surface area (Å²) in [4.78, 5) is 20.0. The Labute approximate surface area is 200 Å². The van der Waals surface area contributed by atoms with E-state index >= 15 is 0 Å². The first-order valence-electron chi connectivity index (χ1n) is 12.4. The summed E-state index contributed by atoms with van der Waals surface area (Å²) in [6.45, 7) is 2.00. The Hall–Kier alpha value is -2.90. The fourth-order valence-electron chi connectivity index (χ4n) is 5.94. The van der Waals surface area contributed by atoms with Crippen LogP contribution in [-0.4, -0.2) is 49.2 Å². The molecule has 178 valence electrons. The van der Waals surface area contributed by atoms with Crippen molar-refractivity contribution in [2.24, 2.45) is 10.9 Å². The van der Waals surface area contributed by atoms with Crippen molar-refractivity contribution in [3.63, 3.8) is 0 Å². The van der Waals surface area contributed by atoms with E-state index in [0.29, 0.717) is 37.1 Å². The van der Waals surface area contributed by atoms with Gasteiger partial charge in [0.25, 0.3) is 6.02 Å². The molecule has 3 aliphatic heterocycles. The zero-order valence-electron chi connectivity index (χ0n) is 19.6. The molecule has 3 atom stereocenters. The number of benzene rings is 2. The lowest BCUT2D eigenvalue weighted by molar-refractivity contribution is -0.119. The first kappa shape index (κ1) is 21.6. The molecule has 2 aromatic rings. The lowest BCUT2D eigenvalue weighted by Crippen LogP contribution is -2.55. The van der Waals surface area contributed by atoms with Crippen LogP contribution in [0.3, 0.4) is 0 Å². The number of anilines is 2. The predicted molar refractivity (Wildman–Crippen MR) is 132 cm³/mol. The van der Waals surface area contributed by atoms with Crippen molar-refractivity contribution in [2.45, 2.75) is 56.8 Å². The number of nitrogens with one attached hydrogen (secondary N) is 2. The zero-order chi connectivity index (χ0) is 23.1. The summed E-state index contributed by atoms with van der Waals surface area (Å²) in [6.07, 6.45) is 4.68. The maximum absolute atomic E-state index is 12.8. The Bertz CT molecular complexity index is 1100. The summed E-state index contributed by atoms with van der Waals surface area (Å²) < 4.78 is 11.6. The van der Waals surface area contributed by atoms with Gasteiger partial charge in [-0.05, 0) is 68.0 Å². The number of morpholine rings is 1. The molecule has 0 spiro atoms. The van der Waals surface area contributed by atoms with Crippen LogP contribution in [0.4, 0.5) is 11.4 Å². The molecular weight excluding hydrogens is 428 g/mol. The van der Waals surface area contributed by atoms with Gasteiger partial charge >= 0.3 is 0 Å². The molecule has 34 heavy (non-hydrogen) atoms. The molecular formula is C27H32N4O3. The zero-order valence-corrected chi connectivity index (χ0v) is 19.6. The number of aryl methyl sites for hydroxylation is 1. The van der Waals surface area contributed by atoms with E-state index in [1.54, 1.807) is 0 Å². The Morgan fingerprint density at radius 1 is 1.15 bits per heavy atom. The number of hydrogen-bond acceptors (Lipinski definition) is 5. The number of amides is 1. The molecule has 2 bridgehead atoms. The molecule has 2 saturated heterocycles. The number of nitrogens with zero attached hydrogens (tertiary/aromatic N) is 2. The van der Waals surface area contributed by atoms with Gasteiger partial charge in [-0.15, -0.1) is 0 Å². The largest absolute Gasteiger partial charge is 0.460 e. The van der Waals surface area contributed by atoms with Gasteiger partial charge in [0.05, 0.1) is 19.3 Å². The molecule has 3 heterocycles. The van der Waals surface area contributed by atoms with Gasteiger partial charge in [-0.1, -0.05) is 24.3 Å². The SMILES string of the molecule is CN1C2COCC1CC(CC(=O)Nc1ccc3c(c1)COC(=N[C@@H]1CCc4ccccc41)N3)C2. The smallest absolute Gasteiger partial charge is 0.290 e. The summed E-state index contributed by atoms with van der Waals surface area (Å²) in [5.74, 6) is 0.498. The van der Waals surface area contributed by atoms with Crippen molar-refractivity contribution in [3.8, 4) is 0 Å². The van der Waals surface area contributed by atoms with E-state index in [9.17, 15) is 4.79 Å². The highest BCUT2D eigenvalue weighted by Crippen LogP contribution is 2.35. The van der Waals surface area contributed by atoms with Crippen molar-refractivity contribution in [1.82, 2.24) is 4.90 Å². The number of fused-ring (bicyclic) bond motifs is 4. The highest BCUT2D eigenvalue weighted by atomic mass is 16.5. The average molecular weight is 461 g/mol. The molecule has 0 radical (unpaired) electrons. The Balaban J connectivity index is 1.07. The van der Waals surface area contributed by atoms with Crippen LogP contribution < -0.4 is 10.6 Å². The number of carbonyl (C=O) groups excluding carboxylic acids is 1. The number of rotatable bonds is 4. The minimum absolute atomic E-state index is 0.0836. The van der Waals surface area contributed by atoms with Gasteiger partial charge < -0.3 is 20.1 Å². The third-order valence-corrected chi connectivity index (χ3v) is 7.83. The van der Waals surface area contributed by atoms with Crippen LogP contribution in [0.25, 0.3) is 0 Å². The van der Waals surface area contributed by atoms with Crippen molar-refractivity contribution >= 4 is 23.3 Å². The maximum atomic E-state index is 12.8.